The van der Waals surface area contributed by atoms with Crippen LogP contribution in [0, 0.1) is 13.8 Å². The van der Waals surface area contributed by atoms with Crippen molar-refractivity contribution in [1.82, 2.24) is 0 Å². The Kier molecular flexibility index (Phi) is 4.04. The highest BCUT2D eigenvalue weighted by atomic mass is 16.3. The minimum atomic E-state index is 0.977. The van der Waals surface area contributed by atoms with E-state index in [2.05, 4.69) is 92.3 Å². The molecule has 0 atom stereocenters. The van der Waals surface area contributed by atoms with E-state index >= 15 is 0 Å². The average molecular weight is 405 g/mol. The Hall–Kier alpha value is -3.39. The van der Waals surface area contributed by atoms with Gasteiger partial charge in [-0.15, -0.1) is 0 Å². The summed E-state index contributed by atoms with van der Waals surface area (Å²) in [6, 6.07) is 22.2. The van der Waals surface area contributed by atoms with Gasteiger partial charge in [0, 0.05) is 28.5 Å². The first kappa shape index (κ1) is 18.4. The van der Waals surface area contributed by atoms with Gasteiger partial charge in [-0.3, -0.25) is 0 Å². The molecule has 2 nitrogen and oxygen atoms in total. The van der Waals surface area contributed by atoms with Crippen molar-refractivity contribution in [2.24, 2.45) is 7.05 Å². The molecular weight excluding hydrogens is 378 g/mol. The number of rotatable bonds is 2. The lowest BCUT2D eigenvalue weighted by Crippen LogP contribution is -2.30. The van der Waals surface area contributed by atoms with Crippen LogP contribution in [-0.2, 0) is 19.9 Å². The molecule has 0 radical (unpaired) electrons. The summed E-state index contributed by atoms with van der Waals surface area (Å²) in [6.07, 6.45) is 5.76. The highest BCUT2D eigenvalue weighted by Crippen LogP contribution is 2.42. The van der Waals surface area contributed by atoms with Crippen molar-refractivity contribution >= 4 is 21.9 Å². The Bertz CT molecular complexity index is 1490. The number of hydrogen-bond acceptors (Lipinski definition) is 1. The van der Waals surface area contributed by atoms with Gasteiger partial charge in [-0.2, -0.15) is 0 Å². The summed E-state index contributed by atoms with van der Waals surface area (Å²) in [4.78, 5) is 0. The lowest BCUT2D eigenvalue weighted by atomic mass is 9.94. The summed E-state index contributed by atoms with van der Waals surface area (Å²) in [5.41, 5.74) is 12.3. The largest absolute Gasteiger partial charge is 0.454 e. The predicted molar refractivity (Wildman–Crippen MR) is 127 cm³/mol. The molecule has 3 aromatic carbocycles. The normalized spacial score (nSPS) is 13.3. The van der Waals surface area contributed by atoms with E-state index in [0.717, 1.165) is 11.2 Å². The van der Waals surface area contributed by atoms with Crippen molar-refractivity contribution in [3.05, 3.63) is 89.1 Å². The summed E-state index contributed by atoms with van der Waals surface area (Å²) in [5.74, 6) is 0. The molecule has 2 heterocycles. The first-order valence-corrected chi connectivity index (χ1v) is 11.1. The molecule has 6 rings (SSSR count). The van der Waals surface area contributed by atoms with Crippen LogP contribution in [0.1, 0.15) is 28.7 Å². The lowest BCUT2D eigenvalue weighted by molar-refractivity contribution is -0.660. The zero-order valence-electron chi connectivity index (χ0n) is 18.3. The fraction of sp³-hybridized carbons (Fsp3) is 0.207. The zero-order valence-corrected chi connectivity index (χ0v) is 18.3. The number of fused-ring (bicyclic) bond motifs is 4. The molecule has 1 aliphatic rings. The number of aryl methyl sites for hydroxylation is 5. The van der Waals surface area contributed by atoms with Gasteiger partial charge in [-0.25, -0.2) is 4.57 Å². The molecule has 5 aromatic rings. The Balaban J connectivity index is 1.68. The van der Waals surface area contributed by atoms with Crippen LogP contribution in [0.4, 0.5) is 0 Å². The second kappa shape index (κ2) is 6.81. The van der Waals surface area contributed by atoms with Crippen molar-refractivity contribution in [2.45, 2.75) is 33.1 Å². The number of benzene rings is 3. The molecular formula is C29H26NO+. The third-order valence-electron chi connectivity index (χ3n) is 6.92. The number of nitrogens with zero attached hydrogens (tertiary/aromatic N) is 1. The molecule has 0 aliphatic heterocycles. The molecule has 0 unspecified atom stereocenters. The topological polar surface area (TPSA) is 17.0 Å². The minimum Gasteiger partial charge on any atom is -0.454 e. The maximum absolute atomic E-state index is 6.75. The first-order valence-electron chi connectivity index (χ1n) is 11.1. The van der Waals surface area contributed by atoms with Crippen molar-refractivity contribution in [2.75, 3.05) is 0 Å². The summed E-state index contributed by atoms with van der Waals surface area (Å²) in [7, 11) is 2.09. The molecule has 0 bridgehead atoms. The van der Waals surface area contributed by atoms with E-state index in [-0.39, 0.29) is 0 Å². The fourth-order valence-electron chi connectivity index (χ4n) is 5.29. The standard InChI is InChI=1S/C29H26NO/c1-18-10-14-23-24-15-11-19(2)27(25-9-4-5-16-30(25)3)29(24)31-28(23)26(18)22-13-12-20-7-6-8-21(20)17-22/h4-5,9-17H,6-8H2,1-3H3/q+1. The van der Waals surface area contributed by atoms with E-state index in [9.17, 15) is 0 Å². The van der Waals surface area contributed by atoms with Crippen LogP contribution in [0.25, 0.3) is 44.3 Å². The van der Waals surface area contributed by atoms with Crippen LogP contribution in [0.15, 0.2) is 71.3 Å². The van der Waals surface area contributed by atoms with Crippen LogP contribution in [0.2, 0.25) is 0 Å². The van der Waals surface area contributed by atoms with Crippen LogP contribution in [0.5, 0.6) is 0 Å². The van der Waals surface area contributed by atoms with E-state index < -0.39 is 0 Å². The molecule has 1 aliphatic carbocycles. The van der Waals surface area contributed by atoms with Crippen molar-refractivity contribution in [3.63, 3.8) is 0 Å². The second-order valence-electron chi connectivity index (χ2n) is 8.90. The molecule has 0 saturated heterocycles. The summed E-state index contributed by atoms with van der Waals surface area (Å²) in [5, 5.41) is 2.37. The van der Waals surface area contributed by atoms with E-state index in [4.69, 9.17) is 4.42 Å². The van der Waals surface area contributed by atoms with Gasteiger partial charge in [0.1, 0.15) is 18.2 Å². The van der Waals surface area contributed by atoms with Crippen molar-refractivity contribution in [3.8, 4) is 22.4 Å². The highest BCUT2D eigenvalue weighted by molar-refractivity contribution is 6.13. The molecule has 2 aromatic heterocycles. The van der Waals surface area contributed by atoms with Gasteiger partial charge in [0.2, 0.25) is 5.69 Å². The van der Waals surface area contributed by atoms with Crippen LogP contribution < -0.4 is 4.57 Å². The summed E-state index contributed by atoms with van der Waals surface area (Å²) < 4.78 is 8.91. The van der Waals surface area contributed by atoms with Gasteiger partial charge >= 0.3 is 0 Å². The second-order valence-corrected chi connectivity index (χ2v) is 8.90. The SMILES string of the molecule is Cc1ccc2c(oc3c(-c4cccc[n+]4C)c(C)ccc32)c1-c1ccc2c(c1)CCC2. The summed E-state index contributed by atoms with van der Waals surface area (Å²) >= 11 is 0. The van der Waals surface area contributed by atoms with Crippen molar-refractivity contribution < 1.29 is 8.98 Å². The Labute approximate surface area is 182 Å². The molecule has 0 amide bonds. The van der Waals surface area contributed by atoms with E-state index in [1.807, 2.05) is 0 Å². The average Bonchev–Trinajstić information content (AvgIpc) is 3.38. The molecule has 0 fully saturated rings. The number of pyridine rings is 1. The van der Waals surface area contributed by atoms with E-state index in [1.165, 1.54) is 74.7 Å². The molecule has 152 valence electrons. The maximum atomic E-state index is 6.75. The van der Waals surface area contributed by atoms with Gasteiger partial charge in [-0.05, 0) is 67.0 Å². The lowest BCUT2D eigenvalue weighted by Gasteiger charge is -2.09. The van der Waals surface area contributed by atoms with E-state index in [0.29, 0.717) is 0 Å². The van der Waals surface area contributed by atoms with Gasteiger partial charge in [0.15, 0.2) is 6.20 Å². The smallest absolute Gasteiger partial charge is 0.216 e. The molecule has 0 saturated carbocycles. The highest BCUT2D eigenvalue weighted by Gasteiger charge is 2.22. The number of aromatic nitrogens is 1. The predicted octanol–water partition coefficient (Wildman–Crippen LogP) is 6.85. The van der Waals surface area contributed by atoms with E-state index in [1.54, 1.807) is 0 Å². The Morgan fingerprint density at radius 2 is 1.45 bits per heavy atom. The third-order valence-corrected chi connectivity index (χ3v) is 6.92. The third kappa shape index (κ3) is 2.75. The zero-order chi connectivity index (χ0) is 21.1. The molecule has 0 spiro atoms. The Morgan fingerprint density at radius 1 is 0.742 bits per heavy atom. The van der Waals surface area contributed by atoms with Gasteiger partial charge in [0.25, 0.3) is 0 Å². The van der Waals surface area contributed by atoms with Gasteiger partial charge in [-0.1, -0.05) is 42.5 Å². The van der Waals surface area contributed by atoms with Crippen LogP contribution >= 0.6 is 0 Å². The minimum absolute atomic E-state index is 0.977. The van der Waals surface area contributed by atoms with Crippen molar-refractivity contribution in [1.29, 1.82) is 0 Å². The number of hydrogen-bond donors (Lipinski definition) is 0. The van der Waals surface area contributed by atoms with Crippen LogP contribution in [-0.4, -0.2) is 0 Å². The van der Waals surface area contributed by atoms with Gasteiger partial charge in [0.05, 0.1) is 5.56 Å². The van der Waals surface area contributed by atoms with Gasteiger partial charge < -0.3 is 4.42 Å². The quantitative estimate of drug-likeness (QED) is 0.294. The first-order chi connectivity index (χ1) is 15.1. The molecule has 31 heavy (non-hydrogen) atoms. The monoisotopic (exact) mass is 404 g/mol. The summed E-state index contributed by atoms with van der Waals surface area (Å²) in [6.45, 7) is 4.36. The fourth-order valence-corrected chi connectivity index (χ4v) is 5.29. The molecule has 2 heteroatoms. The molecule has 0 N–H and O–H groups in total. The Morgan fingerprint density at radius 3 is 2.23 bits per heavy atom. The maximum Gasteiger partial charge on any atom is 0.216 e. The van der Waals surface area contributed by atoms with Crippen LogP contribution in [0.3, 0.4) is 0 Å². The number of furan rings is 1.